The molecule has 0 fully saturated rings. The highest BCUT2D eigenvalue weighted by Crippen LogP contribution is 2.37. The molecule has 1 aromatic heterocycles. The number of fused-ring (bicyclic) bond motifs is 1. The molecule has 2 N–H and O–H groups in total. The Kier molecular flexibility index (Phi) is 4.38. The standard InChI is InChI=1S/C16H9N7O4/c17-8-9-6-10(22(24)25)7-14(23(26)27)15(9)21-20-13-4-3-12(18)16-11(13)2-1-5-19-16/h1-7H,18H2. The molecule has 132 valence electrons. The van der Waals surface area contributed by atoms with Crippen LogP contribution in [0.4, 0.5) is 28.4 Å². The van der Waals surface area contributed by atoms with Crippen molar-refractivity contribution in [2.24, 2.45) is 10.2 Å². The maximum Gasteiger partial charge on any atom is 0.304 e. The summed E-state index contributed by atoms with van der Waals surface area (Å²) >= 11 is 0. The molecule has 0 atom stereocenters. The molecule has 2 aromatic carbocycles. The molecule has 0 aliphatic rings. The second-order valence-electron chi connectivity index (χ2n) is 5.26. The van der Waals surface area contributed by atoms with E-state index in [1.165, 1.54) is 0 Å². The fourth-order valence-corrected chi connectivity index (χ4v) is 2.41. The number of benzene rings is 2. The Morgan fingerprint density at radius 2 is 1.89 bits per heavy atom. The maximum absolute atomic E-state index is 11.3. The van der Waals surface area contributed by atoms with Gasteiger partial charge in [0, 0.05) is 17.6 Å². The van der Waals surface area contributed by atoms with E-state index < -0.39 is 21.2 Å². The number of nitrogen functional groups attached to an aromatic ring is 1. The van der Waals surface area contributed by atoms with Crippen molar-refractivity contribution in [3.63, 3.8) is 0 Å². The average Bonchev–Trinajstić information content (AvgIpc) is 2.67. The summed E-state index contributed by atoms with van der Waals surface area (Å²) in [7, 11) is 0. The number of anilines is 1. The summed E-state index contributed by atoms with van der Waals surface area (Å²) < 4.78 is 0. The fourth-order valence-electron chi connectivity index (χ4n) is 2.41. The van der Waals surface area contributed by atoms with Gasteiger partial charge >= 0.3 is 5.69 Å². The molecular formula is C16H9N7O4. The second-order valence-corrected chi connectivity index (χ2v) is 5.26. The van der Waals surface area contributed by atoms with Crippen LogP contribution in [0.1, 0.15) is 5.56 Å². The van der Waals surface area contributed by atoms with Crippen molar-refractivity contribution >= 4 is 39.3 Å². The van der Waals surface area contributed by atoms with Crippen LogP contribution in [-0.2, 0) is 0 Å². The predicted molar refractivity (Wildman–Crippen MR) is 94.8 cm³/mol. The van der Waals surface area contributed by atoms with E-state index in [0.717, 1.165) is 12.1 Å². The lowest BCUT2D eigenvalue weighted by Gasteiger charge is -2.04. The number of nitriles is 1. The van der Waals surface area contributed by atoms with E-state index in [1.54, 1.807) is 36.5 Å². The minimum Gasteiger partial charge on any atom is -0.397 e. The number of hydrogen-bond acceptors (Lipinski definition) is 9. The number of nitrogens with zero attached hydrogens (tertiary/aromatic N) is 6. The zero-order valence-electron chi connectivity index (χ0n) is 13.4. The first-order chi connectivity index (χ1) is 12.9. The van der Waals surface area contributed by atoms with Crippen LogP contribution in [-0.4, -0.2) is 14.8 Å². The second kappa shape index (κ2) is 6.81. The van der Waals surface area contributed by atoms with E-state index in [9.17, 15) is 25.5 Å². The lowest BCUT2D eigenvalue weighted by molar-refractivity contribution is -0.393. The molecule has 0 spiro atoms. The molecule has 0 saturated heterocycles. The van der Waals surface area contributed by atoms with Crippen LogP contribution in [0, 0.1) is 31.6 Å². The Morgan fingerprint density at radius 1 is 1.11 bits per heavy atom. The Balaban J connectivity index is 2.19. The van der Waals surface area contributed by atoms with Gasteiger partial charge in [-0.2, -0.15) is 5.26 Å². The summed E-state index contributed by atoms with van der Waals surface area (Å²) in [4.78, 5) is 24.7. The Morgan fingerprint density at radius 3 is 2.56 bits per heavy atom. The third kappa shape index (κ3) is 3.22. The summed E-state index contributed by atoms with van der Waals surface area (Å²) in [5.74, 6) is 0. The Hall–Kier alpha value is -4.46. The number of aromatic nitrogens is 1. The van der Waals surface area contributed by atoms with Gasteiger partial charge in [0.2, 0.25) is 0 Å². The first-order valence-electron chi connectivity index (χ1n) is 7.34. The summed E-state index contributed by atoms with van der Waals surface area (Å²) in [5.41, 5.74) is 5.09. The van der Waals surface area contributed by atoms with Gasteiger partial charge < -0.3 is 5.73 Å². The maximum atomic E-state index is 11.3. The molecule has 0 saturated carbocycles. The SMILES string of the molecule is N#Cc1cc([N+](=O)[O-])cc([N+](=O)[O-])c1N=Nc1ccc(N)c2ncccc12. The van der Waals surface area contributed by atoms with E-state index >= 15 is 0 Å². The van der Waals surface area contributed by atoms with Crippen LogP contribution in [0.25, 0.3) is 10.9 Å². The molecule has 0 bridgehead atoms. The monoisotopic (exact) mass is 363 g/mol. The molecule has 1 heterocycles. The fraction of sp³-hybridized carbons (Fsp3) is 0. The Labute approximate surface area is 150 Å². The van der Waals surface area contributed by atoms with E-state index in [4.69, 9.17) is 5.73 Å². The number of non-ortho nitro benzene ring substituents is 1. The van der Waals surface area contributed by atoms with Crippen LogP contribution >= 0.6 is 0 Å². The molecule has 0 aliphatic carbocycles. The number of hydrogen-bond donors (Lipinski definition) is 1. The Bertz CT molecular complexity index is 1170. The van der Waals surface area contributed by atoms with Gasteiger partial charge in [0.05, 0.1) is 38.4 Å². The summed E-state index contributed by atoms with van der Waals surface area (Å²) in [5, 5.41) is 39.8. The van der Waals surface area contributed by atoms with Gasteiger partial charge in [-0.15, -0.1) is 10.2 Å². The first-order valence-corrected chi connectivity index (χ1v) is 7.34. The molecule has 11 nitrogen and oxygen atoms in total. The summed E-state index contributed by atoms with van der Waals surface area (Å²) in [6, 6.07) is 9.78. The number of nitrogens with two attached hydrogens (primary N) is 1. The van der Waals surface area contributed by atoms with Crippen LogP contribution < -0.4 is 5.73 Å². The molecule has 11 heteroatoms. The van der Waals surface area contributed by atoms with E-state index in [0.29, 0.717) is 22.3 Å². The third-order valence-electron chi connectivity index (χ3n) is 3.64. The van der Waals surface area contributed by atoms with Crippen molar-refractivity contribution in [2.45, 2.75) is 0 Å². The zero-order chi connectivity index (χ0) is 19.6. The molecule has 0 unspecified atom stereocenters. The van der Waals surface area contributed by atoms with Crippen molar-refractivity contribution < 1.29 is 9.85 Å². The van der Waals surface area contributed by atoms with Crippen molar-refractivity contribution in [1.82, 2.24) is 4.98 Å². The number of nitro benzene ring substituents is 2. The van der Waals surface area contributed by atoms with Gasteiger partial charge in [-0.1, -0.05) is 0 Å². The number of azo groups is 1. The van der Waals surface area contributed by atoms with Crippen molar-refractivity contribution in [1.29, 1.82) is 5.26 Å². The van der Waals surface area contributed by atoms with E-state index in [-0.39, 0.29) is 11.3 Å². The highest BCUT2D eigenvalue weighted by Gasteiger charge is 2.24. The predicted octanol–water partition coefficient (Wildman–Crippen LogP) is 3.92. The zero-order valence-corrected chi connectivity index (χ0v) is 13.4. The van der Waals surface area contributed by atoms with E-state index in [2.05, 4.69) is 15.2 Å². The van der Waals surface area contributed by atoms with Crippen LogP contribution in [0.2, 0.25) is 0 Å². The lowest BCUT2D eigenvalue weighted by Crippen LogP contribution is -1.95. The average molecular weight is 363 g/mol. The first kappa shape index (κ1) is 17.4. The topological polar surface area (TPSA) is 174 Å². The van der Waals surface area contributed by atoms with Crippen molar-refractivity contribution in [3.8, 4) is 6.07 Å². The smallest absolute Gasteiger partial charge is 0.304 e. The highest BCUT2D eigenvalue weighted by atomic mass is 16.6. The molecule has 3 rings (SSSR count). The lowest BCUT2D eigenvalue weighted by atomic mass is 10.1. The quantitative estimate of drug-likeness (QED) is 0.316. The van der Waals surface area contributed by atoms with E-state index in [1.807, 2.05) is 0 Å². The van der Waals surface area contributed by atoms with Gasteiger partial charge in [0.1, 0.15) is 6.07 Å². The molecule has 3 aromatic rings. The minimum atomic E-state index is -0.856. The van der Waals surface area contributed by atoms with Crippen LogP contribution in [0.15, 0.2) is 52.8 Å². The number of rotatable bonds is 4. The highest BCUT2D eigenvalue weighted by molar-refractivity contribution is 5.97. The molecular weight excluding hydrogens is 354 g/mol. The minimum absolute atomic E-state index is 0.323. The largest absolute Gasteiger partial charge is 0.397 e. The molecule has 0 radical (unpaired) electrons. The van der Waals surface area contributed by atoms with Crippen molar-refractivity contribution in [2.75, 3.05) is 5.73 Å². The van der Waals surface area contributed by atoms with Gasteiger partial charge in [-0.25, -0.2) is 0 Å². The molecule has 27 heavy (non-hydrogen) atoms. The van der Waals surface area contributed by atoms with Gasteiger partial charge in [0.15, 0.2) is 5.69 Å². The normalized spacial score (nSPS) is 10.8. The molecule has 0 aliphatic heterocycles. The van der Waals surface area contributed by atoms with Crippen molar-refractivity contribution in [3.05, 3.63) is 68.4 Å². The van der Waals surface area contributed by atoms with Gasteiger partial charge in [-0.05, 0) is 24.3 Å². The number of pyridine rings is 1. The van der Waals surface area contributed by atoms with Gasteiger partial charge in [0.25, 0.3) is 5.69 Å². The summed E-state index contributed by atoms with van der Waals surface area (Å²) in [6.07, 6.45) is 1.55. The number of nitro groups is 2. The third-order valence-corrected chi connectivity index (χ3v) is 3.64. The summed E-state index contributed by atoms with van der Waals surface area (Å²) in [6.45, 7) is 0. The van der Waals surface area contributed by atoms with Crippen LogP contribution in [0.5, 0.6) is 0 Å². The van der Waals surface area contributed by atoms with Crippen LogP contribution in [0.3, 0.4) is 0 Å². The van der Waals surface area contributed by atoms with Gasteiger partial charge in [-0.3, -0.25) is 25.2 Å². The molecule has 0 amide bonds.